The van der Waals surface area contributed by atoms with Crippen molar-refractivity contribution in [3.05, 3.63) is 24.3 Å². The SMILES string of the molecule is CCOC(=O)CCSC(C)(C)CC(=O)Nc1ccccc1NC(=O)CC(C)(C)S(=O)CCC(=O)OCC. The zero-order chi connectivity index (χ0) is 28.1. The minimum Gasteiger partial charge on any atom is -0.466 e. The molecular weight excluding hydrogens is 516 g/mol. The van der Waals surface area contributed by atoms with Crippen LogP contribution in [0.1, 0.15) is 67.2 Å². The summed E-state index contributed by atoms with van der Waals surface area (Å²) in [5.41, 5.74) is 0.885. The fourth-order valence-corrected chi connectivity index (χ4v) is 5.58. The molecule has 0 heterocycles. The van der Waals surface area contributed by atoms with E-state index < -0.39 is 26.3 Å². The van der Waals surface area contributed by atoms with Crippen molar-refractivity contribution in [3.8, 4) is 0 Å². The van der Waals surface area contributed by atoms with Crippen LogP contribution >= 0.6 is 11.8 Å². The summed E-state index contributed by atoms with van der Waals surface area (Å²) in [7, 11) is -1.43. The number of rotatable bonds is 16. The molecule has 1 rings (SSSR count). The Morgan fingerprint density at radius 3 is 1.84 bits per heavy atom. The number of carbonyl (C=O) groups is 4. The number of thioether (sulfide) groups is 1. The first-order chi connectivity index (χ1) is 17.3. The van der Waals surface area contributed by atoms with E-state index in [1.165, 1.54) is 11.8 Å². The molecule has 0 fully saturated rings. The van der Waals surface area contributed by atoms with Gasteiger partial charge in [0.15, 0.2) is 0 Å². The van der Waals surface area contributed by atoms with Crippen molar-refractivity contribution in [2.75, 3.05) is 35.4 Å². The smallest absolute Gasteiger partial charge is 0.306 e. The average Bonchev–Trinajstić information content (AvgIpc) is 2.78. The minimum atomic E-state index is -1.43. The maximum atomic E-state index is 12.8. The van der Waals surface area contributed by atoms with E-state index in [1.54, 1.807) is 52.0 Å². The molecule has 0 aliphatic rings. The molecule has 208 valence electrons. The van der Waals surface area contributed by atoms with Crippen LogP contribution in [0.5, 0.6) is 0 Å². The second-order valence-corrected chi connectivity index (χ2v) is 13.5. The first-order valence-corrected chi connectivity index (χ1v) is 14.6. The third kappa shape index (κ3) is 13.1. The van der Waals surface area contributed by atoms with E-state index in [1.807, 2.05) is 13.8 Å². The van der Waals surface area contributed by atoms with Crippen LogP contribution in [0.15, 0.2) is 24.3 Å². The zero-order valence-electron chi connectivity index (χ0n) is 22.6. The minimum absolute atomic E-state index is 0.0256. The van der Waals surface area contributed by atoms with Crippen molar-refractivity contribution >= 4 is 57.7 Å². The molecule has 2 amide bonds. The summed E-state index contributed by atoms with van der Waals surface area (Å²) in [5.74, 6) is -0.601. The Labute approximate surface area is 226 Å². The lowest BCUT2D eigenvalue weighted by molar-refractivity contribution is -0.143. The summed E-state index contributed by atoms with van der Waals surface area (Å²) in [4.78, 5) is 48.6. The van der Waals surface area contributed by atoms with Gasteiger partial charge in [0, 0.05) is 44.6 Å². The van der Waals surface area contributed by atoms with Crippen LogP contribution in [0.3, 0.4) is 0 Å². The van der Waals surface area contributed by atoms with Crippen LogP contribution in [0.4, 0.5) is 11.4 Å². The molecule has 2 N–H and O–H groups in total. The maximum Gasteiger partial charge on any atom is 0.306 e. The number of hydrogen-bond donors (Lipinski definition) is 2. The van der Waals surface area contributed by atoms with E-state index in [0.29, 0.717) is 23.7 Å². The van der Waals surface area contributed by atoms with Gasteiger partial charge in [0.2, 0.25) is 11.8 Å². The molecule has 1 aromatic rings. The highest BCUT2D eigenvalue weighted by molar-refractivity contribution is 8.00. The molecule has 1 atom stereocenters. The molecule has 0 saturated heterocycles. The molecule has 0 spiro atoms. The number of anilines is 2. The van der Waals surface area contributed by atoms with Gasteiger partial charge in [-0.1, -0.05) is 26.0 Å². The summed E-state index contributed by atoms with van der Waals surface area (Å²) in [5, 5.41) is 5.65. The monoisotopic (exact) mass is 556 g/mol. The van der Waals surface area contributed by atoms with E-state index in [9.17, 15) is 23.4 Å². The number of carbonyl (C=O) groups excluding carboxylic acids is 4. The number of para-hydroxylation sites is 2. The lowest BCUT2D eigenvalue weighted by Gasteiger charge is -2.24. The van der Waals surface area contributed by atoms with Gasteiger partial charge in [0.05, 0.1) is 37.4 Å². The number of nitrogens with one attached hydrogen (secondary N) is 2. The lowest BCUT2D eigenvalue weighted by Crippen LogP contribution is -2.34. The predicted octanol–water partition coefficient (Wildman–Crippen LogP) is 4.29. The zero-order valence-corrected chi connectivity index (χ0v) is 24.3. The number of hydrogen-bond acceptors (Lipinski definition) is 8. The van der Waals surface area contributed by atoms with Crippen molar-refractivity contribution in [2.45, 2.75) is 76.7 Å². The van der Waals surface area contributed by atoms with Crippen molar-refractivity contribution in [3.63, 3.8) is 0 Å². The molecule has 1 unspecified atom stereocenters. The Bertz CT molecular complexity index is 964. The Morgan fingerprint density at radius 1 is 0.838 bits per heavy atom. The van der Waals surface area contributed by atoms with Crippen molar-refractivity contribution in [2.24, 2.45) is 0 Å². The highest BCUT2D eigenvalue weighted by atomic mass is 32.2. The van der Waals surface area contributed by atoms with E-state index in [-0.39, 0.29) is 55.8 Å². The number of benzene rings is 1. The second-order valence-electron chi connectivity index (χ2n) is 9.52. The van der Waals surface area contributed by atoms with E-state index >= 15 is 0 Å². The van der Waals surface area contributed by atoms with Crippen LogP contribution in [0.25, 0.3) is 0 Å². The topological polar surface area (TPSA) is 128 Å². The van der Waals surface area contributed by atoms with Gasteiger partial charge in [-0.2, -0.15) is 11.8 Å². The maximum absolute atomic E-state index is 12.8. The second kappa shape index (κ2) is 15.8. The molecule has 0 radical (unpaired) electrons. The standard InChI is InChI=1S/C26H40N2O7S2/c1-7-34-23(31)13-15-36-25(3,4)17-21(29)27-19-11-9-10-12-20(19)28-22(30)18-26(5,6)37(33)16-14-24(32)35-8-2/h9-12H,7-8,13-18H2,1-6H3,(H,27,29)(H,28,30). The highest BCUT2D eigenvalue weighted by Crippen LogP contribution is 2.30. The molecule has 1 aromatic carbocycles. The largest absolute Gasteiger partial charge is 0.466 e. The molecular formula is C26H40N2O7S2. The van der Waals surface area contributed by atoms with Gasteiger partial charge in [0.25, 0.3) is 0 Å². The molecule has 0 aliphatic carbocycles. The van der Waals surface area contributed by atoms with E-state index in [4.69, 9.17) is 9.47 Å². The summed E-state index contributed by atoms with van der Waals surface area (Å²) in [6.45, 7) is 11.4. The van der Waals surface area contributed by atoms with Gasteiger partial charge in [-0.15, -0.1) is 0 Å². The molecule has 0 aromatic heterocycles. The summed E-state index contributed by atoms with van der Waals surface area (Å²) < 4.78 is 21.2. The van der Waals surface area contributed by atoms with Crippen LogP contribution < -0.4 is 10.6 Å². The molecule has 0 bridgehead atoms. The molecule has 9 nitrogen and oxygen atoms in total. The van der Waals surface area contributed by atoms with E-state index in [0.717, 1.165) is 0 Å². The van der Waals surface area contributed by atoms with Crippen molar-refractivity contribution < 1.29 is 32.9 Å². The van der Waals surface area contributed by atoms with Crippen molar-refractivity contribution in [1.82, 2.24) is 0 Å². The fourth-order valence-electron chi connectivity index (χ4n) is 3.32. The summed E-state index contributed by atoms with van der Waals surface area (Å²) in [6, 6.07) is 6.86. The Kier molecular flexibility index (Phi) is 13.9. The number of esters is 2. The van der Waals surface area contributed by atoms with Crippen LogP contribution in [-0.4, -0.2) is 62.2 Å². The fraction of sp³-hybridized carbons (Fsp3) is 0.615. The lowest BCUT2D eigenvalue weighted by atomic mass is 10.1. The van der Waals surface area contributed by atoms with Gasteiger partial charge >= 0.3 is 11.9 Å². The quantitative estimate of drug-likeness (QED) is 0.289. The van der Waals surface area contributed by atoms with Gasteiger partial charge < -0.3 is 20.1 Å². The molecule has 0 aliphatic heterocycles. The predicted molar refractivity (Wildman–Crippen MR) is 149 cm³/mol. The summed E-state index contributed by atoms with van der Waals surface area (Å²) >= 11 is 1.51. The van der Waals surface area contributed by atoms with Crippen LogP contribution in [0.2, 0.25) is 0 Å². The van der Waals surface area contributed by atoms with E-state index in [2.05, 4.69) is 10.6 Å². The molecule has 37 heavy (non-hydrogen) atoms. The Morgan fingerprint density at radius 2 is 1.32 bits per heavy atom. The van der Waals surface area contributed by atoms with Crippen LogP contribution in [-0.2, 0) is 39.5 Å². The van der Waals surface area contributed by atoms with Gasteiger partial charge in [-0.05, 0) is 39.8 Å². The highest BCUT2D eigenvalue weighted by Gasteiger charge is 2.30. The molecule has 0 saturated carbocycles. The number of amides is 2. The first-order valence-electron chi connectivity index (χ1n) is 12.3. The van der Waals surface area contributed by atoms with Gasteiger partial charge in [0.1, 0.15) is 0 Å². The van der Waals surface area contributed by atoms with Crippen LogP contribution in [0, 0.1) is 0 Å². The third-order valence-electron chi connectivity index (χ3n) is 5.17. The number of ether oxygens (including phenoxy) is 2. The van der Waals surface area contributed by atoms with Gasteiger partial charge in [-0.3, -0.25) is 23.4 Å². The first kappa shape index (κ1) is 32.6. The van der Waals surface area contributed by atoms with Crippen molar-refractivity contribution in [1.29, 1.82) is 0 Å². The average molecular weight is 557 g/mol. The third-order valence-corrected chi connectivity index (χ3v) is 8.45. The Hall–Kier alpha value is -2.40. The van der Waals surface area contributed by atoms with Gasteiger partial charge in [-0.25, -0.2) is 0 Å². The molecule has 11 heteroatoms. The normalized spacial score (nSPS) is 12.4. The Balaban J connectivity index is 2.69. The summed E-state index contributed by atoms with van der Waals surface area (Å²) in [6.07, 6.45) is 0.477.